The Labute approximate surface area is 109 Å². The van der Waals surface area contributed by atoms with Gasteiger partial charge in [0.05, 0.1) is 0 Å². The molecule has 2 heterocycles. The van der Waals surface area contributed by atoms with Crippen LogP contribution in [0.3, 0.4) is 0 Å². The topological polar surface area (TPSA) is 32.3 Å². The van der Waals surface area contributed by atoms with E-state index in [1.54, 1.807) is 0 Å². The smallest absolute Gasteiger partial charge is 0.254 e. The molecular formula is C13H13BrN2O. The summed E-state index contributed by atoms with van der Waals surface area (Å²) in [5.41, 5.74) is 2.12. The molecule has 3 rings (SSSR count). The van der Waals surface area contributed by atoms with Crippen molar-refractivity contribution in [1.29, 1.82) is 0 Å². The third-order valence-electron chi connectivity index (χ3n) is 3.37. The lowest BCUT2D eigenvalue weighted by atomic mass is 10.1. The molecule has 17 heavy (non-hydrogen) atoms. The lowest BCUT2D eigenvalue weighted by Crippen LogP contribution is -2.30. The van der Waals surface area contributed by atoms with Crippen LogP contribution >= 0.6 is 15.9 Å². The summed E-state index contributed by atoms with van der Waals surface area (Å²) in [5.74, 6) is 0.655. The molecule has 2 aliphatic rings. The molecule has 3 nitrogen and oxygen atoms in total. The third kappa shape index (κ3) is 1.97. The molecule has 0 spiro atoms. The van der Waals surface area contributed by atoms with E-state index in [0.29, 0.717) is 5.92 Å². The predicted molar refractivity (Wildman–Crippen MR) is 69.6 cm³/mol. The molecule has 0 bridgehead atoms. The quantitative estimate of drug-likeness (QED) is 0.859. The molecular weight excluding hydrogens is 280 g/mol. The summed E-state index contributed by atoms with van der Waals surface area (Å²) in [7, 11) is 0. The normalized spacial score (nSPS) is 22.1. The van der Waals surface area contributed by atoms with Crippen LogP contribution in [0.2, 0.25) is 0 Å². The van der Waals surface area contributed by atoms with E-state index in [-0.39, 0.29) is 5.91 Å². The molecule has 1 aromatic rings. The third-order valence-corrected chi connectivity index (χ3v) is 3.90. The molecule has 1 N–H and O–H groups in total. The predicted octanol–water partition coefficient (Wildman–Crippen LogP) is 2.01. The maximum atomic E-state index is 12.3. The van der Waals surface area contributed by atoms with E-state index >= 15 is 0 Å². The Bertz CT molecular complexity index is 481. The first-order chi connectivity index (χ1) is 8.24. The molecule has 1 unspecified atom stereocenters. The minimum absolute atomic E-state index is 0.132. The van der Waals surface area contributed by atoms with E-state index in [1.165, 1.54) is 5.57 Å². The number of likely N-dealkylation sites (tertiary alicyclic amines) is 1. The maximum absolute atomic E-state index is 12.3. The first-order valence-electron chi connectivity index (χ1n) is 5.71. The fraction of sp³-hybridized carbons (Fsp3) is 0.308. The van der Waals surface area contributed by atoms with Gasteiger partial charge in [0.2, 0.25) is 0 Å². The Hall–Kier alpha value is -1.29. The summed E-state index contributed by atoms with van der Waals surface area (Å²) in [6.45, 7) is 2.58. The second kappa shape index (κ2) is 4.18. The molecule has 4 heteroatoms. The molecule has 0 aliphatic carbocycles. The zero-order chi connectivity index (χ0) is 11.8. The fourth-order valence-corrected chi connectivity index (χ4v) is 2.68. The molecule has 2 aliphatic heterocycles. The number of hydrogen-bond acceptors (Lipinski definition) is 2. The molecule has 1 fully saturated rings. The summed E-state index contributed by atoms with van der Waals surface area (Å²) in [6, 6.07) is 7.55. The van der Waals surface area contributed by atoms with Gasteiger partial charge in [0, 0.05) is 35.6 Å². The van der Waals surface area contributed by atoms with Gasteiger partial charge in [-0.2, -0.15) is 0 Å². The number of amides is 1. The number of benzene rings is 1. The van der Waals surface area contributed by atoms with Crippen molar-refractivity contribution in [3.63, 3.8) is 0 Å². The highest BCUT2D eigenvalue weighted by atomic mass is 79.9. The van der Waals surface area contributed by atoms with Gasteiger partial charge in [0.25, 0.3) is 5.91 Å². The van der Waals surface area contributed by atoms with E-state index in [1.807, 2.05) is 29.2 Å². The molecule has 1 atom stereocenters. The number of hydrogen-bond donors (Lipinski definition) is 1. The lowest BCUT2D eigenvalue weighted by Gasteiger charge is -2.16. The van der Waals surface area contributed by atoms with Gasteiger partial charge in [-0.25, -0.2) is 0 Å². The van der Waals surface area contributed by atoms with Crippen molar-refractivity contribution >= 4 is 21.8 Å². The van der Waals surface area contributed by atoms with Crippen LogP contribution < -0.4 is 5.32 Å². The second-order valence-corrected chi connectivity index (χ2v) is 5.43. The van der Waals surface area contributed by atoms with Crippen LogP contribution in [0.25, 0.3) is 0 Å². The van der Waals surface area contributed by atoms with Crippen LogP contribution in [-0.2, 0) is 0 Å². The van der Waals surface area contributed by atoms with Gasteiger partial charge in [-0.3, -0.25) is 4.79 Å². The number of nitrogens with one attached hydrogen (secondary N) is 1. The molecule has 0 radical (unpaired) electrons. The first kappa shape index (κ1) is 10.8. The highest BCUT2D eigenvalue weighted by molar-refractivity contribution is 9.10. The van der Waals surface area contributed by atoms with Crippen molar-refractivity contribution in [2.75, 3.05) is 19.6 Å². The number of carbonyl (C=O) groups is 1. The molecule has 0 aromatic heterocycles. The number of nitrogens with zero attached hydrogens (tertiary/aromatic N) is 1. The van der Waals surface area contributed by atoms with Crippen LogP contribution in [0.5, 0.6) is 0 Å². The number of fused-ring (bicyclic) bond motifs is 1. The molecule has 88 valence electrons. The zero-order valence-electron chi connectivity index (χ0n) is 9.32. The standard InChI is InChI=1S/C13H13BrN2O/c14-12-3-1-9(2-4-12)13(17)16-7-10-5-15-6-11(10)8-16/h1-5,11,15H,6-8H2. The molecule has 0 saturated carbocycles. The molecule has 1 aromatic carbocycles. The van der Waals surface area contributed by atoms with E-state index in [9.17, 15) is 4.79 Å². The number of rotatable bonds is 1. The minimum Gasteiger partial charge on any atom is -0.390 e. The number of carbonyl (C=O) groups excluding carboxylic acids is 1. The largest absolute Gasteiger partial charge is 0.390 e. The summed E-state index contributed by atoms with van der Waals surface area (Å²) < 4.78 is 0.999. The molecule has 1 amide bonds. The van der Waals surface area contributed by atoms with E-state index < -0.39 is 0 Å². The van der Waals surface area contributed by atoms with Crippen molar-refractivity contribution in [1.82, 2.24) is 10.2 Å². The van der Waals surface area contributed by atoms with Gasteiger partial charge in [-0.05, 0) is 36.0 Å². The summed E-state index contributed by atoms with van der Waals surface area (Å²) in [4.78, 5) is 14.2. The van der Waals surface area contributed by atoms with Crippen molar-refractivity contribution < 1.29 is 4.79 Å². The summed E-state index contributed by atoms with van der Waals surface area (Å²) >= 11 is 3.38. The van der Waals surface area contributed by atoms with Gasteiger partial charge in [0.15, 0.2) is 0 Å². The SMILES string of the molecule is O=C(c1ccc(Br)cc1)N1CC2=CNCC2C1. The Balaban J connectivity index is 1.77. The van der Waals surface area contributed by atoms with Crippen LogP contribution in [0.15, 0.2) is 40.5 Å². The molecule has 1 saturated heterocycles. The minimum atomic E-state index is 0.132. The summed E-state index contributed by atoms with van der Waals surface area (Å²) in [6.07, 6.45) is 2.06. The van der Waals surface area contributed by atoms with Crippen LogP contribution in [0.1, 0.15) is 10.4 Å². The van der Waals surface area contributed by atoms with Crippen molar-refractivity contribution in [3.8, 4) is 0 Å². The van der Waals surface area contributed by atoms with Crippen LogP contribution in [0.4, 0.5) is 0 Å². The summed E-state index contributed by atoms with van der Waals surface area (Å²) in [5, 5.41) is 3.22. The number of halogens is 1. The Morgan fingerprint density at radius 2 is 2.12 bits per heavy atom. The van der Waals surface area contributed by atoms with E-state index in [0.717, 1.165) is 29.7 Å². The van der Waals surface area contributed by atoms with Crippen molar-refractivity contribution in [3.05, 3.63) is 46.1 Å². The van der Waals surface area contributed by atoms with Crippen molar-refractivity contribution in [2.24, 2.45) is 5.92 Å². The first-order valence-corrected chi connectivity index (χ1v) is 6.50. The van der Waals surface area contributed by atoms with E-state index in [4.69, 9.17) is 0 Å². The monoisotopic (exact) mass is 292 g/mol. The van der Waals surface area contributed by atoms with Crippen LogP contribution in [0, 0.1) is 5.92 Å². The average molecular weight is 293 g/mol. The average Bonchev–Trinajstić information content (AvgIpc) is 2.89. The lowest BCUT2D eigenvalue weighted by molar-refractivity contribution is 0.0788. The van der Waals surface area contributed by atoms with Gasteiger partial charge >= 0.3 is 0 Å². The van der Waals surface area contributed by atoms with Gasteiger partial charge in [0.1, 0.15) is 0 Å². The van der Waals surface area contributed by atoms with Crippen LogP contribution in [-0.4, -0.2) is 30.4 Å². The zero-order valence-corrected chi connectivity index (χ0v) is 10.9. The Morgan fingerprint density at radius 1 is 1.35 bits per heavy atom. The second-order valence-electron chi connectivity index (χ2n) is 4.52. The fourth-order valence-electron chi connectivity index (χ4n) is 2.42. The Morgan fingerprint density at radius 3 is 2.82 bits per heavy atom. The van der Waals surface area contributed by atoms with E-state index in [2.05, 4.69) is 27.4 Å². The highest BCUT2D eigenvalue weighted by Crippen LogP contribution is 2.26. The Kier molecular flexibility index (Phi) is 2.67. The van der Waals surface area contributed by atoms with Gasteiger partial charge in [-0.15, -0.1) is 0 Å². The van der Waals surface area contributed by atoms with Crippen molar-refractivity contribution in [2.45, 2.75) is 0 Å². The van der Waals surface area contributed by atoms with Gasteiger partial charge < -0.3 is 10.2 Å². The van der Waals surface area contributed by atoms with Gasteiger partial charge in [-0.1, -0.05) is 15.9 Å². The maximum Gasteiger partial charge on any atom is 0.254 e. The highest BCUT2D eigenvalue weighted by Gasteiger charge is 2.32.